The van der Waals surface area contributed by atoms with E-state index in [1.165, 1.54) is 6.08 Å². The monoisotopic (exact) mass is 324 g/mol. The van der Waals surface area contributed by atoms with E-state index in [2.05, 4.69) is 17.2 Å². The Labute approximate surface area is 139 Å². The second-order valence-corrected chi connectivity index (χ2v) is 6.41. The molecule has 116 valence electrons. The first-order chi connectivity index (χ1) is 11.2. The summed E-state index contributed by atoms with van der Waals surface area (Å²) in [4.78, 5) is 24.5. The molecule has 0 bridgehead atoms. The summed E-state index contributed by atoms with van der Waals surface area (Å²) in [6.45, 7) is 3.43. The van der Waals surface area contributed by atoms with Gasteiger partial charge in [-0.15, -0.1) is 11.8 Å². The van der Waals surface area contributed by atoms with Gasteiger partial charge in [-0.3, -0.25) is 9.59 Å². The minimum Gasteiger partial charge on any atom is -0.325 e. The first-order valence-electron chi connectivity index (χ1n) is 7.24. The quantitative estimate of drug-likeness (QED) is 0.839. The van der Waals surface area contributed by atoms with E-state index in [0.29, 0.717) is 12.1 Å². The van der Waals surface area contributed by atoms with Gasteiger partial charge in [-0.1, -0.05) is 30.8 Å². The minimum absolute atomic E-state index is 0.0106. The lowest BCUT2D eigenvalue weighted by Crippen LogP contribution is -2.12. The van der Waals surface area contributed by atoms with Crippen LogP contribution in [0.5, 0.6) is 0 Å². The summed E-state index contributed by atoms with van der Waals surface area (Å²) in [5, 5.41) is 5.70. The van der Waals surface area contributed by atoms with Gasteiger partial charge in [0.15, 0.2) is 0 Å². The van der Waals surface area contributed by atoms with E-state index in [-0.39, 0.29) is 17.1 Å². The second-order valence-electron chi connectivity index (χ2n) is 5.17. The van der Waals surface area contributed by atoms with Crippen LogP contribution in [0.15, 0.2) is 66.1 Å². The Kier molecular flexibility index (Phi) is 4.48. The van der Waals surface area contributed by atoms with Gasteiger partial charge in [0.05, 0.1) is 5.69 Å². The fraction of sp³-hybridized carbons (Fsp3) is 0.111. The maximum Gasteiger partial charge on any atom is 0.247 e. The minimum atomic E-state index is -0.241. The topological polar surface area (TPSA) is 58.2 Å². The number of benzene rings is 2. The molecule has 1 aliphatic heterocycles. The highest BCUT2D eigenvalue weighted by molar-refractivity contribution is 7.99. The van der Waals surface area contributed by atoms with Crippen LogP contribution >= 0.6 is 11.8 Å². The first kappa shape index (κ1) is 15.4. The Bertz CT molecular complexity index is 756. The van der Waals surface area contributed by atoms with E-state index in [1.54, 1.807) is 11.8 Å². The van der Waals surface area contributed by atoms with Crippen molar-refractivity contribution in [2.24, 2.45) is 0 Å². The molecule has 1 atom stereocenters. The second kappa shape index (κ2) is 6.71. The smallest absolute Gasteiger partial charge is 0.247 e. The Balaban J connectivity index is 1.82. The summed E-state index contributed by atoms with van der Waals surface area (Å²) in [5.41, 5.74) is 2.63. The van der Waals surface area contributed by atoms with Crippen LogP contribution in [0.4, 0.5) is 11.4 Å². The van der Waals surface area contributed by atoms with Crippen LogP contribution in [-0.4, -0.2) is 11.8 Å². The Hall–Kier alpha value is -2.53. The Morgan fingerprint density at radius 1 is 1.22 bits per heavy atom. The molecule has 0 aromatic heterocycles. The van der Waals surface area contributed by atoms with Crippen LogP contribution in [-0.2, 0) is 9.59 Å². The largest absolute Gasteiger partial charge is 0.325 e. The number of rotatable bonds is 3. The predicted octanol–water partition coefficient (Wildman–Crippen LogP) is 3.99. The molecule has 0 spiro atoms. The van der Waals surface area contributed by atoms with Gasteiger partial charge in [0, 0.05) is 22.3 Å². The number of hydrogen-bond acceptors (Lipinski definition) is 3. The van der Waals surface area contributed by atoms with Crippen molar-refractivity contribution in [3.63, 3.8) is 0 Å². The molecule has 0 aliphatic carbocycles. The van der Waals surface area contributed by atoms with Crippen LogP contribution in [0.1, 0.15) is 17.2 Å². The molecule has 1 unspecified atom stereocenters. The van der Waals surface area contributed by atoms with Gasteiger partial charge in [0.25, 0.3) is 0 Å². The molecule has 2 amide bonds. The summed E-state index contributed by atoms with van der Waals surface area (Å²) in [5.74, 6) is -0.230. The van der Waals surface area contributed by atoms with Gasteiger partial charge in [0.1, 0.15) is 0 Å². The number of nitrogens with one attached hydrogen (secondary N) is 2. The van der Waals surface area contributed by atoms with E-state index in [4.69, 9.17) is 0 Å². The van der Waals surface area contributed by atoms with Crippen molar-refractivity contribution in [2.75, 3.05) is 10.6 Å². The van der Waals surface area contributed by atoms with Crippen molar-refractivity contribution < 1.29 is 9.59 Å². The zero-order valence-electron chi connectivity index (χ0n) is 12.4. The first-order valence-corrected chi connectivity index (χ1v) is 8.12. The molecular formula is C18H16N2O2S. The molecule has 2 aromatic carbocycles. The third kappa shape index (κ3) is 3.63. The summed E-state index contributed by atoms with van der Waals surface area (Å²) in [6.07, 6.45) is 1.65. The van der Waals surface area contributed by atoms with E-state index in [0.717, 1.165) is 16.1 Å². The lowest BCUT2D eigenvalue weighted by molar-refractivity contribution is -0.116. The Morgan fingerprint density at radius 3 is 2.70 bits per heavy atom. The van der Waals surface area contributed by atoms with Crippen LogP contribution in [0.2, 0.25) is 0 Å². The maximum atomic E-state index is 12.1. The van der Waals surface area contributed by atoms with E-state index in [9.17, 15) is 9.59 Å². The SMILES string of the molecule is C=CC(=O)Nc1ccc(C2CC(=O)Nc3ccccc3S2)cc1. The number of thioether (sulfide) groups is 1. The molecule has 2 aromatic rings. The number of para-hydroxylation sites is 1. The molecule has 1 heterocycles. The zero-order valence-corrected chi connectivity index (χ0v) is 13.2. The predicted molar refractivity (Wildman–Crippen MR) is 93.6 cm³/mol. The number of carbonyl (C=O) groups excluding carboxylic acids is 2. The average molecular weight is 324 g/mol. The molecule has 0 saturated heterocycles. The number of carbonyl (C=O) groups is 2. The molecule has 4 nitrogen and oxygen atoms in total. The molecule has 0 fully saturated rings. The van der Waals surface area contributed by atoms with E-state index >= 15 is 0 Å². The van der Waals surface area contributed by atoms with Gasteiger partial charge in [0.2, 0.25) is 11.8 Å². The number of fused-ring (bicyclic) bond motifs is 1. The third-order valence-corrected chi connectivity index (χ3v) is 4.87. The van der Waals surface area contributed by atoms with Crippen molar-refractivity contribution >= 4 is 35.0 Å². The molecular weight excluding hydrogens is 308 g/mol. The van der Waals surface area contributed by atoms with Crippen molar-refractivity contribution in [3.05, 3.63) is 66.7 Å². The fourth-order valence-electron chi connectivity index (χ4n) is 2.40. The van der Waals surface area contributed by atoms with Crippen LogP contribution in [0.3, 0.4) is 0 Å². The van der Waals surface area contributed by atoms with E-state index < -0.39 is 0 Å². The normalized spacial score (nSPS) is 16.7. The van der Waals surface area contributed by atoms with Gasteiger partial charge < -0.3 is 10.6 Å². The average Bonchev–Trinajstić information content (AvgIpc) is 2.73. The molecule has 3 rings (SSSR count). The third-order valence-electron chi connectivity index (χ3n) is 3.54. The molecule has 0 radical (unpaired) electrons. The van der Waals surface area contributed by atoms with Gasteiger partial charge in [-0.25, -0.2) is 0 Å². The van der Waals surface area contributed by atoms with Gasteiger partial charge >= 0.3 is 0 Å². The lowest BCUT2D eigenvalue weighted by atomic mass is 10.1. The van der Waals surface area contributed by atoms with Crippen molar-refractivity contribution in [2.45, 2.75) is 16.6 Å². The molecule has 0 saturated carbocycles. The lowest BCUT2D eigenvalue weighted by Gasteiger charge is -2.14. The highest BCUT2D eigenvalue weighted by Crippen LogP contribution is 2.43. The molecule has 2 N–H and O–H groups in total. The van der Waals surface area contributed by atoms with E-state index in [1.807, 2.05) is 48.5 Å². The van der Waals surface area contributed by atoms with Crippen molar-refractivity contribution in [1.29, 1.82) is 0 Å². The van der Waals surface area contributed by atoms with Crippen LogP contribution in [0, 0.1) is 0 Å². The fourth-order valence-corrected chi connectivity index (χ4v) is 3.64. The van der Waals surface area contributed by atoms with Crippen LogP contribution in [0.25, 0.3) is 0 Å². The maximum absolute atomic E-state index is 12.1. The molecule has 5 heteroatoms. The number of amides is 2. The van der Waals surface area contributed by atoms with Crippen molar-refractivity contribution in [1.82, 2.24) is 0 Å². The summed E-state index contributed by atoms with van der Waals surface area (Å²) in [7, 11) is 0. The summed E-state index contributed by atoms with van der Waals surface area (Å²) >= 11 is 1.67. The van der Waals surface area contributed by atoms with Crippen molar-refractivity contribution in [3.8, 4) is 0 Å². The van der Waals surface area contributed by atoms with Crippen LogP contribution < -0.4 is 10.6 Å². The molecule has 23 heavy (non-hydrogen) atoms. The molecule has 1 aliphatic rings. The highest BCUT2D eigenvalue weighted by Gasteiger charge is 2.23. The standard InChI is InChI=1S/C18H16N2O2S/c1-2-17(21)19-13-9-7-12(8-10-13)16-11-18(22)20-14-5-3-4-6-15(14)23-16/h2-10,16H,1,11H2,(H,19,21)(H,20,22). The number of hydrogen-bond donors (Lipinski definition) is 2. The summed E-state index contributed by atoms with van der Waals surface area (Å²) < 4.78 is 0. The summed E-state index contributed by atoms with van der Waals surface area (Å²) in [6, 6.07) is 15.4. The van der Waals surface area contributed by atoms with Gasteiger partial charge in [-0.05, 0) is 35.9 Å². The number of anilines is 2. The highest BCUT2D eigenvalue weighted by atomic mass is 32.2. The zero-order chi connectivity index (χ0) is 16.2. The Morgan fingerprint density at radius 2 is 1.96 bits per heavy atom. The van der Waals surface area contributed by atoms with Gasteiger partial charge in [-0.2, -0.15) is 0 Å².